The average molecular weight is 367 g/mol. The third-order valence-electron chi connectivity index (χ3n) is 3.39. The van der Waals surface area contributed by atoms with Crippen molar-refractivity contribution in [2.75, 3.05) is 17.7 Å². The smallest absolute Gasteiger partial charge is 0.237 e. The van der Waals surface area contributed by atoms with E-state index in [9.17, 15) is 0 Å². The number of benzene rings is 1. The van der Waals surface area contributed by atoms with Gasteiger partial charge in [0.2, 0.25) is 17.8 Å². The minimum Gasteiger partial charge on any atom is -0.480 e. The molecule has 0 amide bonds. The van der Waals surface area contributed by atoms with Gasteiger partial charge in [-0.25, -0.2) is 15.0 Å². The van der Waals surface area contributed by atoms with E-state index in [-0.39, 0.29) is 1.43 Å². The van der Waals surface area contributed by atoms with Gasteiger partial charge < -0.3 is 20.8 Å². The SMILES string of the molecule is CC.COc1ncccc1Nc1ncnc(Nc2cc(C)ccc2C=N)n1.[HH]. The second-order valence-electron chi connectivity index (χ2n) is 5.18. The maximum atomic E-state index is 7.51. The first-order chi connectivity index (χ1) is 13.2. The Morgan fingerprint density at radius 1 is 1.04 bits per heavy atom. The molecular weight excluding hydrogens is 342 g/mol. The minimum atomic E-state index is 0. The molecule has 0 radical (unpaired) electrons. The molecular formula is C19H25N7O. The number of anilines is 4. The number of hydrogen-bond acceptors (Lipinski definition) is 8. The number of pyridine rings is 1. The van der Waals surface area contributed by atoms with Crippen molar-refractivity contribution < 1.29 is 6.16 Å². The zero-order valence-electron chi connectivity index (χ0n) is 15.8. The van der Waals surface area contributed by atoms with Crippen LogP contribution in [0.25, 0.3) is 0 Å². The lowest BCUT2D eigenvalue weighted by molar-refractivity contribution is 0.400. The van der Waals surface area contributed by atoms with Crippen LogP contribution in [0.5, 0.6) is 5.88 Å². The molecule has 142 valence electrons. The zero-order valence-corrected chi connectivity index (χ0v) is 15.8. The van der Waals surface area contributed by atoms with Gasteiger partial charge >= 0.3 is 0 Å². The highest BCUT2D eigenvalue weighted by atomic mass is 16.5. The summed E-state index contributed by atoms with van der Waals surface area (Å²) in [6.07, 6.45) is 4.32. The monoisotopic (exact) mass is 367 g/mol. The molecule has 0 spiro atoms. The van der Waals surface area contributed by atoms with E-state index in [4.69, 9.17) is 10.1 Å². The van der Waals surface area contributed by atoms with Crippen LogP contribution in [-0.4, -0.2) is 33.3 Å². The molecule has 3 aromatic rings. The summed E-state index contributed by atoms with van der Waals surface area (Å²) >= 11 is 0. The van der Waals surface area contributed by atoms with Gasteiger partial charge in [0.25, 0.3) is 0 Å². The molecule has 8 heteroatoms. The first-order valence-electron chi connectivity index (χ1n) is 8.53. The highest BCUT2D eigenvalue weighted by molar-refractivity contribution is 5.87. The molecule has 2 aromatic heterocycles. The lowest BCUT2D eigenvalue weighted by Gasteiger charge is -2.11. The zero-order chi connectivity index (χ0) is 19.6. The van der Waals surface area contributed by atoms with Crippen LogP contribution in [0.1, 0.15) is 26.4 Å². The van der Waals surface area contributed by atoms with Gasteiger partial charge in [-0.15, -0.1) is 0 Å². The number of rotatable bonds is 6. The van der Waals surface area contributed by atoms with Crippen molar-refractivity contribution in [2.24, 2.45) is 0 Å². The Hall–Kier alpha value is -3.55. The normalized spacial score (nSPS) is 9.63. The largest absolute Gasteiger partial charge is 0.480 e. The molecule has 0 aliphatic carbocycles. The van der Waals surface area contributed by atoms with Crippen LogP contribution in [0.2, 0.25) is 0 Å². The minimum absolute atomic E-state index is 0. The molecule has 0 saturated heterocycles. The number of aryl methyl sites for hydroxylation is 1. The summed E-state index contributed by atoms with van der Waals surface area (Å²) in [5.41, 5.74) is 3.22. The number of hydrogen-bond donors (Lipinski definition) is 3. The fourth-order valence-corrected chi connectivity index (χ4v) is 2.21. The van der Waals surface area contributed by atoms with Crippen molar-refractivity contribution in [1.29, 1.82) is 5.41 Å². The molecule has 0 fully saturated rings. The van der Waals surface area contributed by atoms with E-state index < -0.39 is 0 Å². The Labute approximate surface area is 160 Å². The number of nitrogens with zero attached hydrogens (tertiary/aromatic N) is 4. The molecule has 3 rings (SSSR count). The van der Waals surface area contributed by atoms with Gasteiger partial charge in [0, 0.05) is 25.1 Å². The van der Waals surface area contributed by atoms with E-state index in [1.165, 1.54) is 12.5 Å². The Kier molecular flexibility index (Phi) is 7.18. The van der Waals surface area contributed by atoms with Gasteiger partial charge in [0.15, 0.2) is 0 Å². The van der Waals surface area contributed by atoms with Crippen LogP contribution >= 0.6 is 0 Å². The van der Waals surface area contributed by atoms with Gasteiger partial charge in [-0.3, -0.25) is 0 Å². The van der Waals surface area contributed by atoms with Gasteiger partial charge in [0.1, 0.15) is 12.0 Å². The Morgan fingerprint density at radius 2 is 1.74 bits per heavy atom. The van der Waals surface area contributed by atoms with Crippen LogP contribution < -0.4 is 15.4 Å². The van der Waals surface area contributed by atoms with E-state index in [0.29, 0.717) is 23.5 Å². The summed E-state index contributed by atoms with van der Waals surface area (Å²) in [6, 6.07) is 9.35. The van der Waals surface area contributed by atoms with E-state index in [1.54, 1.807) is 19.4 Å². The molecule has 0 aliphatic rings. The topological polar surface area (TPSA) is 109 Å². The predicted octanol–water partition coefficient (Wildman–Crippen LogP) is 4.34. The number of aromatic nitrogens is 4. The van der Waals surface area contributed by atoms with E-state index in [2.05, 4.69) is 30.6 Å². The van der Waals surface area contributed by atoms with Crippen molar-refractivity contribution in [1.82, 2.24) is 19.9 Å². The van der Waals surface area contributed by atoms with Crippen molar-refractivity contribution >= 4 is 29.5 Å². The quantitative estimate of drug-likeness (QED) is 0.556. The Morgan fingerprint density at radius 3 is 2.41 bits per heavy atom. The Bertz CT molecular complexity index is 905. The summed E-state index contributed by atoms with van der Waals surface area (Å²) < 4.78 is 5.20. The first-order valence-corrected chi connectivity index (χ1v) is 8.53. The summed E-state index contributed by atoms with van der Waals surface area (Å²) in [6.45, 7) is 5.98. The lowest BCUT2D eigenvalue weighted by atomic mass is 10.1. The molecule has 3 N–H and O–H groups in total. The predicted molar refractivity (Wildman–Crippen MR) is 110 cm³/mol. The molecule has 0 aliphatic heterocycles. The first kappa shape index (κ1) is 19.8. The summed E-state index contributed by atoms with van der Waals surface area (Å²) in [5.74, 6) is 1.17. The van der Waals surface area contributed by atoms with E-state index in [0.717, 1.165) is 16.8 Å². The molecule has 8 nitrogen and oxygen atoms in total. The van der Waals surface area contributed by atoms with Gasteiger partial charge in [0.05, 0.1) is 7.11 Å². The van der Waals surface area contributed by atoms with Crippen molar-refractivity contribution in [3.63, 3.8) is 0 Å². The summed E-state index contributed by atoms with van der Waals surface area (Å²) in [7, 11) is 1.55. The highest BCUT2D eigenvalue weighted by Crippen LogP contribution is 2.24. The van der Waals surface area contributed by atoms with Crippen LogP contribution in [0.4, 0.5) is 23.3 Å². The third-order valence-corrected chi connectivity index (χ3v) is 3.39. The molecule has 0 saturated carbocycles. The summed E-state index contributed by atoms with van der Waals surface area (Å²) in [4.78, 5) is 16.7. The maximum absolute atomic E-state index is 7.51. The molecule has 0 atom stereocenters. The highest BCUT2D eigenvalue weighted by Gasteiger charge is 2.08. The average Bonchev–Trinajstić information content (AvgIpc) is 2.70. The molecule has 0 unspecified atom stereocenters. The van der Waals surface area contributed by atoms with Gasteiger partial charge in [-0.2, -0.15) is 4.98 Å². The second-order valence-corrected chi connectivity index (χ2v) is 5.18. The lowest BCUT2D eigenvalue weighted by Crippen LogP contribution is -2.05. The fraction of sp³-hybridized carbons (Fsp3) is 0.211. The van der Waals surface area contributed by atoms with Crippen LogP contribution in [0, 0.1) is 12.3 Å². The number of methoxy groups -OCH3 is 1. The van der Waals surface area contributed by atoms with E-state index >= 15 is 0 Å². The van der Waals surface area contributed by atoms with E-state index in [1.807, 2.05) is 45.0 Å². The molecule has 0 bridgehead atoms. The van der Waals surface area contributed by atoms with Gasteiger partial charge in [-0.1, -0.05) is 26.0 Å². The third kappa shape index (κ3) is 5.21. The number of nitrogens with one attached hydrogen (secondary N) is 3. The molecule has 1 aromatic carbocycles. The van der Waals surface area contributed by atoms with Crippen LogP contribution in [0.15, 0.2) is 42.9 Å². The number of ether oxygens (including phenoxy) is 1. The van der Waals surface area contributed by atoms with Gasteiger partial charge in [-0.05, 0) is 30.7 Å². The van der Waals surface area contributed by atoms with Crippen molar-refractivity contribution in [3.05, 3.63) is 54.0 Å². The van der Waals surface area contributed by atoms with Crippen LogP contribution in [-0.2, 0) is 0 Å². The second kappa shape index (κ2) is 9.81. The standard InChI is InChI=1S/C17H17N7O.C2H6.H2/c1-11-5-6-12(9-18)14(8-11)23-17-21-10-20-16(24-17)22-13-4-3-7-19-15(13)25-2;1-2;/h3-10,18H,1-2H3,(H2,20,21,22,23,24);1-2H3;1H. The maximum Gasteiger partial charge on any atom is 0.237 e. The fourth-order valence-electron chi connectivity index (χ4n) is 2.21. The summed E-state index contributed by atoms with van der Waals surface area (Å²) in [5, 5.41) is 13.7. The van der Waals surface area contributed by atoms with Crippen LogP contribution in [0.3, 0.4) is 0 Å². The van der Waals surface area contributed by atoms with Crippen molar-refractivity contribution in [3.8, 4) is 5.88 Å². The Balaban J connectivity index is 0.00000127. The molecule has 27 heavy (non-hydrogen) atoms. The van der Waals surface area contributed by atoms with Crippen molar-refractivity contribution in [2.45, 2.75) is 20.8 Å². The molecule has 2 heterocycles.